The first kappa shape index (κ1) is 14.0. The van der Waals surface area contributed by atoms with Gasteiger partial charge in [-0.25, -0.2) is 0 Å². The lowest BCUT2D eigenvalue weighted by Gasteiger charge is -2.03. The normalized spacial score (nSPS) is 9.60. The highest BCUT2D eigenvalue weighted by atomic mass is 16.1. The standard InChI is InChI=1S/C13H23NO/c1-3-5-6-7-8-9-10-11-13(15)14-12-4-2/h1H,4-12H2,2H3,(H,14,15). The van der Waals surface area contributed by atoms with Crippen LogP contribution in [0.5, 0.6) is 0 Å². The van der Waals surface area contributed by atoms with E-state index in [1.807, 2.05) is 0 Å². The van der Waals surface area contributed by atoms with E-state index in [1.165, 1.54) is 12.8 Å². The predicted molar refractivity (Wildman–Crippen MR) is 64.5 cm³/mol. The van der Waals surface area contributed by atoms with Crippen molar-refractivity contribution in [1.82, 2.24) is 5.32 Å². The molecule has 1 N–H and O–H groups in total. The molecule has 0 fully saturated rings. The molecule has 0 radical (unpaired) electrons. The summed E-state index contributed by atoms with van der Waals surface area (Å²) >= 11 is 0. The summed E-state index contributed by atoms with van der Waals surface area (Å²) in [5.74, 6) is 2.83. The number of nitrogens with one attached hydrogen (secondary N) is 1. The zero-order valence-electron chi connectivity index (χ0n) is 9.85. The lowest BCUT2D eigenvalue weighted by molar-refractivity contribution is -0.121. The van der Waals surface area contributed by atoms with Gasteiger partial charge in [0, 0.05) is 19.4 Å². The van der Waals surface area contributed by atoms with E-state index in [9.17, 15) is 4.79 Å². The van der Waals surface area contributed by atoms with Crippen molar-refractivity contribution in [3.63, 3.8) is 0 Å². The number of hydrogen-bond acceptors (Lipinski definition) is 1. The number of carbonyl (C=O) groups is 1. The number of carbonyl (C=O) groups excluding carboxylic acids is 1. The Kier molecular flexibility index (Phi) is 10.4. The Hall–Kier alpha value is -0.970. The van der Waals surface area contributed by atoms with Crippen LogP contribution in [0.15, 0.2) is 0 Å². The second-order valence-corrected chi connectivity index (χ2v) is 3.82. The van der Waals surface area contributed by atoms with Gasteiger partial charge in [0.1, 0.15) is 0 Å². The van der Waals surface area contributed by atoms with Gasteiger partial charge in [0.2, 0.25) is 5.91 Å². The average molecular weight is 209 g/mol. The minimum atomic E-state index is 0.195. The maximum Gasteiger partial charge on any atom is 0.219 e. The topological polar surface area (TPSA) is 29.1 Å². The van der Waals surface area contributed by atoms with Gasteiger partial charge in [-0.15, -0.1) is 12.3 Å². The van der Waals surface area contributed by atoms with E-state index < -0.39 is 0 Å². The Morgan fingerprint density at radius 3 is 2.53 bits per heavy atom. The second kappa shape index (κ2) is 11.1. The molecule has 0 atom stereocenters. The zero-order chi connectivity index (χ0) is 11.4. The second-order valence-electron chi connectivity index (χ2n) is 3.82. The van der Waals surface area contributed by atoms with Crippen LogP contribution < -0.4 is 5.32 Å². The number of hydrogen-bond donors (Lipinski definition) is 1. The molecule has 1 amide bonds. The van der Waals surface area contributed by atoms with Crippen molar-refractivity contribution in [2.24, 2.45) is 0 Å². The summed E-state index contributed by atoms with van der Waals surface area (Å²) in [7, 11) is 0. The maximum absolute atomic E-state index is 11.2. The summed E-state index contributed by atoms with van der Waals surface area (Å²) < 4.78 is 0. The third-order valence-electron chi connectivity index (χ3n) is 2.30. The van der Waals surface area contributed by atoms with Crippen LogP contribution in [0.2, 0.25) is 0 Å². The van der Waals surface area contributed by atoms with E-state index in [0.29, 0.717) is 6.42 Å². The number of amides is 1. The first-order valence-electron chi connectivity index (χ1n) is 6.01. The van der Waals surface area contributed by atoms with Crippen LogP contribution in [0.4, 0.5) is 0 Å². The molecule has 0 saturated carbocycles. The van der Waals surface area contributed by atoms with Crippen LogP contribution in [-0.2, 0) is 4.79 Å². The van der Waals surface area contributed by atoms with Crippen molar-refractivity contribution < 1.29 is 4.79 Å². The molecule has 0 saturated heterocycles. The molecule has 15 heavy (non-hydrogen) atoms. The largest absolute Gasteiger partial charge is 0.356 e. The summed E-state index contributed by atoms with van der Waals surface area (Å²) in [6.45, 7) is 2.87. The van der Waals surface area contributed by atoms with Crippen molar-refractivity contribution in [2.75, 3.05) is 6.54 Å². The molecule has 0 spiro atoms. The van der Waals surface area contributed by atoms with Crippen LogP contribution in [0, 0.1) is 12.3 Å². The van der Waals surface area contributed by atoms with Gasteiger partial charge in [-0.1, -0.05) is 26.2 Å². The summed E-state index contributed by atoms with van der Waals surface area (Å²) in [5.41, 5.74) is 0. The van der Waals surface area contributed by atoms with Gasteiger partial charge in [0.25, 0.3) is 0 Å². The smallest absolute Gasteiger partial charge is 0.219 e. The summed E-state index contributed by atoms with van der Waals surface area (Å²) in [6.07, 6.45) is 13.4. The lowest BCUT2D eigenvalue weighted by atomic mass is 10.1. The Morgan fingerprint density at radius 1 is 1.20 bits per heavy atom. The summed E-state index contributed by atoms with van der Waals surface area (Å²) in [6, 6.07) is 0. The highest BCUT2D eigenvalue weighted by Gasteiger charge is 1.98. The molecule has 0 heterocycles. The zero-order valence-corrected chi connectivity index (χ0v) is 9.85. The maximum atomic E-state index is 11.2. The molecule has 86 valence electrons. The van der Waals surface area contributed by atoms with E-state index in [0.717, 1.165) is 38.6 Å². The summed E-state index contributed by atoms with van der Waals surface area (Å²) in [5, 5.41) is 2.88. The fourth-order valence-corrected chi connectivity index (χ4v) is 1.40. The molecule has 0 aromatic carbocycles. The Labute approximate surface area is 93.8 Å². The van der Waals surface area contributed by atoms with E-state index in [2.05, 4.69) is 18.2 Å². The molecule has 2 nitrogen and oxygen atoms in total. The van der Waals surface area contributed by atoms with Gasteiger partial charge in [-0.3, -0.25) is 4.79 Å². The molecule has 0 rings (SSSR count). The van der Waals surface area contributed by atoms with Gasteiger partial charge in [-0.2, -0.15) is 0 Å². The van der Waals surface area contributed by atoms with E-state index in [4.69, 9.17) is 6.42 Å². The number of terminal acetylenes is 1. The van der Waals surface area contributed by atoms with Gasteiger partial charge < -0.3 is 5.32 Å². The minimum absolute atomic E-state index is 0.195. The van der Waals surface area contributed by atoms with Gasteiger partial charge >= 0.3 is 0 Å². The molecule has 2 heteroatoms. The van der Waals surface area contributed by atoms with E-state index >= 15 is 0 Å². The highest BCUT2D eigenvalue weighted by Crippen LogP contribution is 2.06. The molecule has 0 aliphatic rings. The van der Waals surface area contributed by atoms with E-state index in [1.54, 1.807) is 0 Å². The van der Waals surface area contributed by atoms with E-state index in [-0.39, 0.29) is 5.91 Å². The number of rotatable bonds is 9. The third kappa shape index (κ3) is 11.0. The molecule has 0 bridgehead atoms. The molecule has 0 aliphatic carbocycles. The Bertz CT molecular complexity index is 193. The van der Waals surface area contributed by atoms with Crippen LogP contribution in [0.1, 0.15) is 58.3 Å². The molecular formula is C13H23NO. The average Bonchev–Trinajstić information content (AvgIpc) is 2.25. The van der Waals surface area contributed by atoms with Crippen LogP contribution >= 0.6 is 0 Å². The summed E-state index contributed by atoms with van der Waals surface area (Å²) in [4.78, 5) is 11.2. The van der Waals surface area contributed by atoms with Crippen LogP contribution in [-0.4, -0.2) is 12.5 Å². The Balaban J connectivity index is 3.10. The van der Waals surface area contributed by atoms with Gasteiger partial charge in [0.05, 0.1) is 0 Å². The quantitative estimate of drug-likeness (QED) is 0.459. The molecule has 0 unspecified atom stereocenters. The van der Waals surface area contributed by atoms with Crippen molar-refractivity contribution in [3.8, 4) is 12.3 Å². The molecule has 0 aromatic heterocycles. The molecular weight excluding hydrogens is 186 g/mol. The van der Waals surface area contributed by atoms with Gasteiger partial charge in [-0.05, 0) is 19.3 Å². The highest BCUT2D eigenvalue weighted by molar-refractivity contribution is 5.75. The van der Waals surface area contributed by atoms with Crippen LogP contribution in [0.25, 0.3) is 0 Å². The Morgan fingerprint density at radius 2 is 1.87 bits per heavy atom. The SMILES string of the molecule is C#CCCCCCCCC(=O)NCCC. The molecule has 0 aliphatic heterocycles. The first-order chi connectivity index (χ1) is 7.31. The van der Waals surface area contributed by atoms with Crippen molar-refractivity contribution in [2.45, 2.75) is 58.3 Å². The number of unbranched alkanes of at least 4 members (excludes halogenated alkanes) is 5. The predicted octanol–water partition coefficient (Wildman–Crippen LogP) is 2.88. The molecule has 0 aromatic rings. The van der Waals surface area contributed by atoms with Crippen LogP contribution in [0.3, 0.4) is 0 Å². The van der Waals surface area contributed by atoms with Crippen molar-refractivity contribution in [1.29, 1.82) is 0 Å². The first-order valence-corrected chi connectivity index (χ1v) is 6.01. The monoisotopic (exact) mass is 209 g/mol. The van der Waals surface area contributed by atoms with Crippen molar-refractivity contribution in [3.05, 3.63) is 0 Å². The third-order valence-corrected chi connectivity index (χ3v) is 2.30. The van der Waals surface area contributed by atoms with Gasteiger partial charge in [0.15, 0.2) is 0 Å². The lowest BCUT2D eigenvalue weighted by Crippen LogP contribution is -2.23. The fourth-order valence-electron chi connectivity index (χ4n) is 1.40. The van der Waals surface area contributed by atoms with Crippen molar-refractivity contribution >= 4 is 5.91 Å². The fraction of sp³-hybridized carbons (Fsp3) is 0.769. The minimum Gasteiger partial charge on any atom is -0.356 e.